The summed E-state index contributed by atoms with van der Waals surface area (Å²) in [6.45, 7) is 6.62. The van der Waals surface area contributed by atoms with Crippen molar-refractivity contribution in [2.75, 3.05) is 19.8 Å². The third-order valence-corrected chi connectivity index (χ3v) is 4.04. The molecule has 0 bridgehead atoms. The van der Waals surface area contributed by atoms with Crippen LogP contribution in [0.4, 0.5) is 4.39 Å². The minimum Gasteiger partial charge on any atom is -0.493 e. The van der Waals surface area contributed by atoms with Crippen LogP contribution in [0.15, 0.2) is 48.5 Å². The van der Waals surface area contributed by atoms with Crippen LogP contribution < -0.4 is 10.1 Å². The molecule has 2 aromatic carbocycles. The summed E-state index contributed by atoms with van der Waals surface area (Å²) in [5.74, 6) is -0.607. The van der Waals surface area contributed by atoms with Crippen LogP contribution >= 0.6 is 0 Å². The molecule has 2 aromatic rings. The van der Waals surface area contributed by atoms with Crippen LogP contribution in [0.3, 0.4) is 0 Å². The number of amides is 1. The monoisotopic (exact) mass is 387 g/mol. The zero-order valence-corrected chi connectivity index (χ0v) is 16.5. The van der Waals surface area contributed by atoms with Crippen LogP contribution in [0.1, 0.15) is 43.1 Å². The van der Waals surface area contributed by atoms with Gasteiger partial charge in [0.05, 0.1) is 13.2 Å². The molecule has 2 rings (SSSR count). The highest BCUT2D eigenvalue weighted by atomic mass is 19.1. The molecular weight excluding hydrogens is 361 g/mol. The molecule has 0 fully saturated rings. The van der Waals surface area contributed by atoms with Gasteiger partial charge in [0.1, 0.15) is 18.1 Å². The van der Waals surface area contributed by atoms with Crippen molar-refractivity contribution in [3.05, 3.63) is 65.5 Å². The molecule has 6 heteroatoms. The van der Waals surface area contributed by atoms with Crippen LogP contribution in [0.25, 0.3) is 0 Å². The van der Waals surface area contributed by atoms with E-state index in [1.165, 1.54) is 24.3 Å². The van der Waals surface area contributed by atoms with Crippen molar-refractivity contribution in [2.45, 2.75) is 32.6 Å². The molecule has 0 aliphatic heterocycles. The molecule has 0 heterocycles. The Balaban J connectivity index is 1.63. The van der Waals surface area contributed by atoms with Gasteiger partial charge in [-0.25, -0.2) is 4.39 Å². The van der Waals surface area contributed by atoms with Crippen molar-refractivity contribution in [3.63, 3.8) is 0 Å². The first-order chi connectivity index (χ1) is 13.3. The van der Waals surface area contributed by atoms with Crippen LogP contribution in [0.5, 0.6) is 5.75 Å². The Labute approximate surface area is 164 Å². The van der Waals surface area contributed by atoms with Gasteiger partial charge in [0.2, 0.25) is 0 Å². The largest absolute Gasteiger partial charge is 0.493 e. The van der Waals surface area contributed by atoms with Crippen molar-refractivity contribution in [1.29, 1.82) is 0 Å². The number of rotatable bonds is 8. The Hall–Kier alpha value is -2.89. The highest BCUT2D eigenvalue weighted by molar-refractivity contribution is 5.95. The molecular formula is C22H26FNO4. The number of nitrogens with one attached hydrogen (secondary N) is 1. The summed E-state index contributed by atoms with van der Waals surface area (Å²) in [7, 11) is 0. The van der Waals surface area contributed by atoms with E-state index >= 15 is 0 Å². The average molecular weight is 387 g/mol. The zero-order chi connectivity index (χ0) is 20.6. The van der Waals surface area contributed by atoms with E-state index in [4.69, 9.17) is 9.47 Å². The minimum atomic E-state index is -0.513. The standard InChI is InChI=1S/C22H26FNO4/c1-22(2,3)17-7-5-16(6-8-17)21(26)24-15-20(25)28-14-4-13-27-19-11-9-18(23)10-12-19/h5-12H,4,13-15H2,1-3H3,(H,24,26). The summed E-state index contributed by atoms with van der Waals surface area (Å²) in [4.78, 5) is 23.8. The van der Waals surface area contributed by atoms with E-state index in [-0.39, 0.29) is 30.3 Å². The summed E-state index contributed by atoms with van der Waals surface area (Å²) in [6.07, 6.45) is 0.491. The molecule has 0 aliphatic carbocycles. The summed E-state index contributed by atoms with van der Waals surface area (Å²) >= 11 is 0. The number of hydrogen-bond donors (Lipinski definition) is 1. The van der Waals surface area contributed by atoms with E-state index in [0.717, 1.165) is 5.56 Å². The third-order valence-electron chi connectivity index (χ3n) is 4.04. The van der Waals surface area contributed by atoms with Gasteiger partial charge in [-0.15, -0.1) is 0 Å². The van der Waals surface area contributed by atoms with Crippen LogP contribution in [0.2, 0.25) is 0 Å². The van der Waals surface area contributed by atoms with Gasteiger partial charge in [-0.2, -0.15) is 0 Å². The van der Waals surface area contributed by atoms with Crippen LogP contribution in [-0.4, -0.2) is 31.6 Å². The van der Waals surface area contributed by atoms with E-state index in [1.807, 2.05) is 12.1 Å². The lowest BCUT2D eigenvalue weighted by atomic mass is 9.87. The predicted molar refractivity (Wildman–Crippen MR) is 105 cm³/mol. The number of hydrogen-bond acceptors (Lipinski definition) is 4. The molecule has 150 valence electrons. The average Bonchev–Trinajstić information content (AvgIpc) is 2.66. The van der Waals surface area contributed by atoms with E-state index in [9.17, 15) is 14.0 Å². The quantitative estimate of drug-likeness (QED) is 0.552. The first kappa shape index (κ1) is 21.4. The summed E-state index contributed by atoms with van der Waals surface area (Å²) < 4.78 is 23.2. The van der Waals surface area contributed by atoms with E-state index in [1.54, 1.807) is 12.1 Å². The van der Waals surface area contributed by atoms with Crippen molar-refractivity contribution < 1.29 is 23.5 Å². The Morgan fingerprint density at radius 1 is 0.964 bits per heavy atom. The lowest BCUT2D eigenvalue weighted by molar-refractivity contribution is -0.142. The molecule has 0 saturated carbocycles. The molecule has 0 saturated heterocycles. The van der Waals surface area contributed by atoms with Crippen molar-refractivity contribution in [1.82, 2.24) is 5.32 Å². The Kier molecular flexibility index (Phi) is 7.55. The normalized spacial score (nSPS) is 11.0. The van der Waals surface area contributed by atoms with Crippen molar-refractivity contribution in [2.24, 2.45) is 0 Å². The van der Waals surface area contributed by atoms with Crippen molar-refractivity contribution in [3.8, 4) is 5.75 Å². The summed E-state index contributed by atoms with van der Waals surface area (Å²) in [5, 5.41) is 2.55. The van der Waals surface area contributed by atoms with Crippen LogP contribution in [-0.2, 0) is 14.9 Å². The molecule has 0 aliphatic rings. The lowest BCUT2D eigenvalue weighted by Gasteiger charge is -2.19. The first-order valence-corrected chi connectivity index (χ1v) is 9.18. The van der Waals surface area contributed by atoms with Crippen molar-refractivity contribution >= 4 is 11.9 Å². The van der Waals surface area contributed by atoms with Gasteiger partial charge < -0.3 is 14.8 Å². The first-order valence-electron chi connectivity index (χ1n) is 9.18. The van der Waals surface area contributed by atoms with E-state index in [2.05, 4.69) is 26.1 Å². The minimum absolute atomic E-state index is 0.0131. The number of carbonyl (C=O) groups excluding carboxylic acids is 2. The van der Waals surface area contributed by atoms with Gasteiger partial charge in [-0.1, -0.05) is 32.9 Å². The smallest absolute Gasteiger partial charge is 0.325 e. The summed E-state index contributed by atoms with van der Waals surface area (Å²) in [6, 6.07) is 13.0. The Bertz CT molecular complexity index is 780. The maximum atomic E-state index is 12.8. The van der Waals surface area contributed by atoms with E-state index in [0.29, 0.717) is 24.3 Å². The number of carbonyl (C=O) groups is 2. The second-order valence-electron chi connectivity index (χ2n) is 7.39. The highest BCUT2D eigenvalue weighted by Crippen LogP contribution is 2.22. The lowest BCUT2D eigenvalue weighted by Crippen LogP contribution is -2.31. The molecule has 0 spiro atoms. The van der Waals surface area contributed by atoms with Gasteiger partial charge in [-0.3, -0.25) is 9.59 Å². The third kappa shape index (κ3) is 7.02. The topological polar surface area (TPSA) is 64.6 Å². The molecule has 0 radical (unpaired) electrons. The maximum Gasteiger partial charge on any atom is 0.325 e. The van der Waals surface area contributed by atoms with Gasteiger partial charge in [0.25, 0.3) is 5.91 Å². The fourth-order valence-electron chi connectivity index (χ4n) is 2.39. The Morgan fingerprint density at radius 3 is 2.21 bits per heavy atom. The molecule has 1 N–H and O–H groups in total. The number of benzene rings is 2. The van der Waals surface area contributed by atoms with Gasteiger partial charge in [-0.05, 0) is 47.4 Å². The molecule has 5 nitrogen and oxygen atoms in total. The zero-order valence-electron chi connectivity index (χ0n) is 16.5. The molecule has 0 atom stereocenters. The fourth-order valence-corrected chi connectivity index (χ4v) is 2.39. The molecule has 0 aromatic heterocycles. The van der Waals surface area contributed by atoms with Gasteiger partial charge in [0.15, 0.2) is 0 Å². The van der Waals surface area contributed by atoms with E-state index < -0.39 is 5.97 Å². The van der Waals surface area contributed by atoms with Gasteiger partial charge >= 0.3 is 5.97 Å². The number of ether oxygens (including phenoxy) is 2. The maximum absolute atomic E-state index is 12.8. The molecule has 1 amide bonds. The Morgan fingerprint density at radius 2 is 1.61 bits per heavy atom. The molecule has 0 unspecified atom stereocenters. The fraction of sp³-hybridized carbons (Fsp3) is 0.364. The summed E-state index contributed by atoms with van der Waals surface area (Å²) in [5.41, 5.74) is 1.64. The number of esters is 1. The SMILES string of the molecule is CC(C)(C)c1ccc(C(=O)NCC(=O)OCCCOc2ccc(F)cc2)cc1. The highest BCUT2D eigenvalue weighted by Gasteiger charge is 2.14. The van der Waals surface area contributed by atoms with Gasteiger partial charge in [0, 0.05) is 12.0 Å². The second kappa shape index (κ2) is 9.88. The van der Waals surface area contributed by atoms with Crippen LogP contribution in [0, 0.1) is 5.82 Å². The molecule has 28 heavy (non-hydrogen) atoms. The second-order valence-corrected chi connectivity index (χ2v) is 7.39. The predicted octanol–water partition coefficient (Wildman–Crippen LogP) is 3.87. The number of halogens is 1.